The summed E-state index contributed by atoms with van der Waals surface area (Å²) in [4.78, 5) is 46.5. The van der Waals surface area contributed by atoms with Gasteiger partial charge in [-0.1, -0.05) is 45.9 Å². The van der Waals surface area contributed by atoms with Crippen LogP contribution in [-0.4, -0.2) is 85.8 Å². The number of nitrogens with zero attached hydrogens (tertiary/aromatic N) is 2. The molecular formula is C43H51N3O11. The van der Waals surface area contributed by atoms with Crippen molar-refractivity contribution in [3.05, 3.63) is 71.2 Å². The number of Topliss-reactive ketones (excluding diaryl/α,β-unsaturated/α-hetero) is 1. The molecule has 0 spiro atoms. The number of carbonyl (C=O) groups excluding carboxylic acids is 3. The van der Waals surface area contributed by atoms with Crippen molar-refractivity contribution in [2.24, 2.45) is 29.6 Å². The zero-order chi connectivity index (χ0) is 41.8. The minimum Gasteiger partial charge on any atom is -0.507 e. The van der Waals surface area contributed by atoms with E-state index in [1.54, 1.807) is 69.5 Å². The second-order valence-electron chi connectivity index (χ2n) is 15.6. The van der Waals surface area contributed by atoms with Crippen LogP contribution in [0.1, 0.15) is 63.0 Å². The Labute approximate surface area is 330 Å². The molecule has 304 valence electrons. The van der Waals surface area contributed by atoms with Crippen LogP contribution in [0, 0.1) is 43.4 Å². The molecule has 14 heteroatoms. The number of aliphatic hydroxyl groups is 2. The summed E-state index contributed by atoms with van der Waals surface area (Å²) in [7, 11) is 2.71. The van der Waals surface area contributed by atoms with Crippen LogP contribution in [0.5, 0.6) is 17.2 Å². The number of hydrogen-bond donors (Lipinski definition) is 5. The Bertz CT molecular complexity index is 2380. The third kappa shape index (κ3) is 6.89. The number of benzene rings is 2. The fraction of sp³-hybridized carbons (Fsp3) is 0.442. The number of methoxy groups -OCH3 is 2. The highest BCUT2D eigenvalue weighted by Gasteiger charge is 2.50. The van der Waals surface area contributed by atoms with E-state index in [4.69, 9.17) is 23.9 Å². The zero-order valence-corrected chi connectivity index (χ0v) is 33.8. The van der Waals surface area contributed by atoms with E-state index in [0.717, 1.165) is 5.56 Å². The van der Waals surface area contributed by atoms with Crippen molar-refractivity contribution < 1.29 is 53.8 Å². The first-order chi connectivity index (χ1) is 26.9. The number of ketones is 1. The van der Waals surface area contributed by atoms with E-state index in [0.29, 0.717) is 5.65 Å². The van der Waals surface area contributed by atoms with Crippen molar-refractivity contribution in [3.63, 3.8) is 0 Å². The van der Waals surface area contributed by atoms with Crippen LogP contribution >= 0.6 is 0 Å². The predicted octanol–water partition coefficient (Wildman–Crippen LogP) is 6.02. The van der Waals surface area contributed by atoms with Gasteiger partial charge in [0, 0.05) is 48.6 Å². The number of nitrogens with one attached hydrogen (secondary N) is 1. The summed E-state index contributed by atoms with van der Waals surface area (Å²) in [6.45, 7) is 13.4. The first kappa shape index (κ1) is 41.2. The summed E-state index contributed by atoms with van der Waals surface area (Å²) in [5, 5.41) is 49.4. The molecule has 0 aliphatic carbocycles. The Balaban J connectivity index is 1.58. The van der Waals surface area contributed by atoms with Gasteiger partial charge in [0.2, 0.25) is 0 Å². The lowest BCUT2D eigenvalue weighted by Crippen LogP contribution is -2.45. The van der Waals surface area contributed by atoms with Gasteiger partial charge in [-0.15, -0.1) is 0 Å². The monoisotopic (exact) mass is 785 g/mol. The van der Waals surface area contributed by atoms with Gasteiger partial charge in [-0.3, -0.25) is 18.8 Å². The first-order valence-corrected chi connectivity index (χ1v) is 18.9. The van der Waals surface area contributed by atoms with Crippen LogP contribution in [0.2, 0.25) is 0 Å². The van der Waals surface area contributed by atoms with Crippen LogP contribution in [-0.2, 0) is 23.8 Å². The summed E-state index contributed by atoms with van der Waals surface area (Å²) in [6, 6.07) is 3.64. The number of esters is 1. The predicted molar refractivity (Wildman–Crippen MR) is 213 cm³/mol. The molecule has 57 heavy (non-hydrogen) atoms. The van der Waals surface area contributed by atoms with Gasteiger partial charge in [-0.2, -0.15) is 0 Å². The molecule has 0 saturated heterocycles. The van der Waals surface area contributed by atoms with Crippen LogP contribution in [0.4, 0.5) is 5.69 Å². The van der Waals surface area contributed by atoms with Crippen molar-refractivity contribution in [2.45, 2.75) is 79.5 Å². The zero-order valence-electron chi connectivity index (χ0n) is 33.8. The molecule has 2 aromatic heterocycles. The Morgan fingerprint density at radius 1 is 0.965 bits per heavy atom. The maximum Gasteiger partial charge on any atom is 0.312 e. The maximum absolute atomic E-state index is 14.6. The fourth-order valence-corrected chi connectivity index (χ4v) is 8.22. The highest BCUT2D eigenvalue weighted by Crippen LogP contribution is 2.54. The number of allylic oxidation sites excluding steroid dienone is 2. The smallest absolute Gasteiger partial charge is 0.312 e. The third-order valence-corrected chi connectivity index (χ3v) is 11.8. The highest BCUT2D eigenvalue weighted by atomic mass is 16.7. The normalized spacial score (nSPS) is 30.8. The highest BCUT2D eigenvalue weighted by molar-refractivity contribution is 6.28. The molecule has 4 aromatic rings. The molecule has 1 amide bonds. The number of aliphatic hydroxyl groups excluding tert-OH is 2. The van der Waals surface area contributed by atoms with Gasteiger partial charge in [-0.05, 0) is 56.4 Å². The minimum atomic E-state index is -1.97. The van der Waals surface area contributed by atoms with Gasteiger partial charge in [0.15, 0.2) is 5.75 Å². The van der Waals surface area contributed by atoms with Crippen LogP contribution in [0.3, 0.4) is 0 Å². The van der Waals surface area contributed by atoms with E-state index >= 15 is 0 Å². The number of fused-ring (bicyclic) bond motifs is 2. The number of phenols is 2. The number of pyridine rings is 1. The molecule has 14 nitrogen and oxygen atoms in total. The molecule has 9 atom stereocenters. The Morgan fingerprint density at radius 2 is 1.67 bits per heavy atom. The summed E-state index contributed by atoms with van der Waals surface area (Å²) in [5.74, 6) is -8.00. The van der Waals surface area contributed by atoms with Crippen LogP contribution < -0.4 is 10.1 Å². The van der Waals surface area contributed by atoms with Gasteiger partial charge in [0.05, 0.1) is 48.6 Å². The molecular weight excluding hydrogens is 734 g/mol. The van der Waals surface area contributed by atoms with Crippen molar-refractivity contribution >= 4 is 50.8 Å². The van der Waals surface area contributed by atoms with E-state index in [9.17, 15) is 34.8 Å². The number of ether oxygens (including phenoxy) is 4. The quantitative estimate of drug-likeness (QED) is 0.117. The number of rotatable bonds is 2. The number of carbonyl (C=O) groups is 3. The molecule has 4 heterocycles. The van der Waals surface area contributed by atoms with E-state index in [2.05, 4.69) is 5.32 Å². The topological polar surface area (TPSA) is 198 Å². The number of anilines is 1. The molecule has 4 bridgehead atoms. The van der Waals surface area contributed by atoms with Gasteiger partial charge < -0.3 is 44.7 Å². The van der Waals surface area contributed by atoms with E-state index in [1.807, 2.05) is 13.0 Å². The largest absolute Gasteiger partial charge is 0.507 e. The first-order valence-electron chi connectivity index (χ1n) is 18.9. The maximum atomic E-state index is 14.6. The fourth-order valence-electron chi connectivity index (χ4n) is 8.22. The number of imidazole rings is 1. The molecule has 0 radical (unpaired) electrons. The SMILES string of the molecule is COC(=O)[C@H]1[C@@H](C)[C@@H](OC)/C=C/O[C@@]2(C)Oc3c(C)c(O)c4c(O)c(c5c(nc6cc(C)ccn65)c4c3C2=O)NC(=O)/C(C)=C\C=C\[C@@H](C)[C@@H](O)[C@@H](C)[C@H](O)[C@@H]1C. The van der Waals surface area contributed by atoms with Gasteiger partial charge in [0.25, 0.3) is 11.7 Å². The second kappa shape index (κ2) is 15.5. The minimum absolute atomic E-state index is 0.0147. The van der Waals surface area contributed by atoms with Crippen molar-refractivity contribution in [1.29, 1.82) is 0 Å². The second-order valence-corrected chi connectivity index (χ2v) is 15.6. The third-order valence-electron chi connectivity index (χ3n) is 11.8. The molecule has 2 aliphatic heterocycles. The number of aromatic nitrogens is 2. The molecule has 0 unspecified atom stereocenters. The summed E-state index contributed by atoms with van der Waals surface area (Å²) >= 11 is 0. The molecule has 2 aromatic carbocycles. The van der Waals surface area contributed by atoms with Crippen molar-refractivity contribution in [2.75, 3.05) is 19.5 Å². The number of aromatic hydroxyl groups is 2. The van der Waals surface area contributed by atoms with Crippen molar-refractivity contribution in [1.82, 2.24) is 9.38 Å². The lowest BCUT2D eigenvalue weighted by Gasteiger charge is -2.37. The number of hydrogen-bond acceptors (Lipinski definition) is 12. The lowest BCUT2D eigenvalue weighted by molar-refractivity contribution is -0.155. The summed E-state index contributed by atoms with van der Waals surface area (Å²) < 4.78 is 24.9. The molecule has 5 N–H and O–H groups in total. The van der Waals surface area contributed by atoms with Gasteiger partial charge >= 0.3 is 11.8 Å². The number of phenolic OH excluding ortho intramolecular Hbond substituents is 2. The lowest BCUT2D eigenvalue weighted by atomic mass is 9.73. The molecule has 0 fully saturated rings. The standard InChI is InChI=1S/C43H51N3O11/c1-19-14-16-46-27(18-19)44-32-29-30-37(49)25(7)39-31(29)40(51)43(8,57-39)56-17-15-26(54-9)22(4)28(42(53)55-10)23(5)36(48)24(6)35(47)20(2)12-11-13-21(3)41(52)45-33(34(32)46)38(30)50/h11-18,20,22-24,26,28,35-36,47-50H,1-10H3,(H,45,52)/b12-11+,17-15+,21-13-/t20-,22+,23-,24-,26+,28+,35-,36-,43+/m1/s1. The Hall–Kier alpha value is -5.44. The summed E-state index contributed by atoms with van der Waals surface area (Å²) in [6.07, 6.45) is 6.39. The van der Waals surface area contributed by atoms with Gasteiger partial charge in [-0.25, -0.2) is 4.98 Å². The van der Waals surface area contributed by atoms with E-state index in [1.165, 1.54) is 40.4 Å². The van der Waals surface area contributed by atoms with E-state index < -0.39 is 77.1 Å². The van der Waals surface area contributed by atoms with Gasteiger partial charge in [0.1, 0.15) is 33.9 Å². The Kier molecular flexibility index (Phi) is 11.2. The van der Waals surface area contributed by atoms with E-state index in [-0.39, 0.29) is 55.7 Å². The number of amides is 1. The average Bonchev–Trinajstić information content (AvgIpc) is 3.68. The van der Waals surface area contributed by atoms with Crippen molar-refractivity contribution in [3.8, 4) is 17.2 Å². The molecule has 2 aliphatic rings. The van der Waals surface area contributed by atoms with Crippen LogP contribution in [0.15, 0.2) is 54.5 Å². The summed E-state index contributed by atoms with van der Waals surface area (Å²) in [5.41, 5.74) is 2.16. The number of aryl methyl sites for hydroxylation is 1. The average molecular weight is 786 g/mol. The molecule has 0 saturated carbocycles. The van der Waals surface area contributed by atoms with Crippen LogP contribution in [0.25, 0.3) is 27.5 Å². The molecule has 6 rings (SSSR count). The Morgan fingerprint density at radius 3 is 2.33 bits per heavy atom.